The van der Waals surface area contributed by atoms with E-state index < -0.39 is 4.92 Å². The van der Waals surface area contributed by atoms with Crippen LogP contribution in [0.25, 0.3) is 0 Å². The molecule has 0 heterocycles. The number of benzene rings is 1. The Balaban J connectivity index is 0.00000121. The summed E-state index contributed by atoms with van der Waals surface area (Å²) in [5.41, 5.74) is -0.174. The second-order valence-electron chi connectivity index (χ2n) is 1.89. The Morgan fingerprint density at radius 1 is 1.50 bits per heavy atom. The van der Waals surface area contributed by atoms with Gasteiger partial charge in [0.2, 0.25) is 0 Å². The molecule has 1 N–H and O–H groups in total. The fraction of sp³-hybridized carbons (Fsp3) is 0. The van der Waals surface area contributed by atoms with Crippen molar-refractivity contribution in [3.8, 4) is 5.75 Å². The Kier molecular flexibility index (Phi) is 5.31. The summed E-state index contributed by atoms with van der Waals surface area (Å²) in [7, 11) is 0. The van der Waals surface area contributed by atoms with Gasteiger partial charge in [0, 0.05) is 57.5 Å². The summed E-state index contributed by atoms with van der Waals surface area (Å²) < 4.78 is 0. The largest absolute Gasteiger partial charge is 0.506 e. The van der Waals surface area contributed by atoms with Gasteiger partial charge in [-0.2, -0.15) is 0 Å². The molecular weight excluding hydrogens is 209 g/mol. The Morgan fingerprint density at radius 2 is 2.08 bits per heavy atom. The number of nitro benzene ring substituents is 1. The van der Waals surface area contributed by atoms with E-state index in [0.29, 0.717) is 0 Å². The second-order valence-corrected chi connectivity index (χ2v) is 2.30. The fourth-order valence-corrected chi connectivity index (χ4v) is 0.732. The van der Waals surface area contributed by atoms with E-state index in [-0.39, 0.29) is 67.8 Å². The molecule has 0 aromatic heterocycles. The van der Waals surface area contributed by atoms with Crippen LogP contribution in [0.5, 0.6) is 5.75 Å². The number of non-ortho nitro benzene ring substituents is 1. The summed E-state index contributed by atoms with van der Waals surface area (Å²) in [5, 5.41) is 19.1. The van der Waals surface area contributed by atoms with Crippen LogP contribution in [0, 0.1) is 10.1 Å². The first kappa shape index (κ1) is 12.3. The molecule has 1 radical (unpaired) electrons. The number of aromatic hydroxyl groups is 1. The first-order chi connectivity index (χ1) is 5.11. The third kappa shape index (κ3) is 3.00. The van der Waals surface area contributed by atoms with Gasteiger partial charge in [0.05, 0.1) is 16.0 Å². The van der Waals surface area contributed by atoms with E-state index in [2.05, 4.69) is 0 Å². The minimum atomic E-state index is -0.601. The van der Waals surface area contributed by atoms with Crippen LogP contribution in [0.2, 0.25) is 5.02 Å². The summed E-state index contributed by atoms with van der Waals surface area (Å²) in [6, 6.07) is 3.50. The molecule has 0 fully saturated rings. The zero-order chi connectivity index (χ0) is 8.43. The molecule has 0 unspecified atom stereocenters. The Hall–Kier alpha value is 0.346. The van der Waals surface area contributed by atoms with Crippen LogP contribution < -0.4 is 0 Å². The first-order valence-corrected chi connectivity index (χ1v) is 3.12. The van der Waals surface area contributed by atoms with Gasteiger partial charge in [0.25, 0.3) is 5.69 Å². The normalized spacial score (nSPS) is 8.75. The number of nitro groups is 1. The van der Waals surface area contributed by atoms with Crippen molar-refractivity contribution in [1.29, 1.82) is 0 Å². The maximum absolute atomic E-state index is 10.1. The quantitative estimate of drug-likeness (QED) is 0.437. The predicted octanol–water partition coefficient (Wildman–Crippen LogP) is 1.57. The maximum Gasteiger partial charge on any atom is 0.273 e. The minimum Gasteiger partial charge on any atom is -0.506 e. The molecule has 59 valence electrons. The van der Waals surface area contributed by atoms with Gasteiger partial charge < -0.3 is 5.11 Å². The third-order valence-electron chi connectivity index (χ3n) is 1.14. The number of rotatable bonds is 1. The van der Waals surface area contributed by atoms with Gasteiger partial charge in [0.1, 0.15) is 5.75 Å². The number of halogens is 1. The van der Waals surface area contributed by atoms with E-state index in [1.807, 2.05) is 0 Å². The van der Waals surface area contributed by atoms with E-state index >= 15 is 0 Å². The van der Waals surface area contributed by atoms with Crippen LogP contribution in [-0.4, -0.2) is 61.4 Å². The number of phenols is 1. The molecule has 0 aliphatic heterocycles. The van der Waals surface area contributed by atoms with Crippen LogP contribution in [-0.2, 0) is 0 Å². The van der Waals surface area contributed by atoms with Crippen molar-refractivity contribution in [2.45, 2.75) is 0 Å². The summed E-state index contributed by atoms with van der Waals surface area (Å²) in [4.78, 5) is 9.51. The average molecular weight is 213 g/mol. The summed E-state index contributed by atoms with van der Waals surface area (Å²) >= 11 is 5.41. The molecular formula is C6H4ClKNO3. The van der Waals surface area contributed by atoms with Gasteiger partial charge in [-0.1, -0.05) is 11.6 Å². The maximum atomic E-state index is 10.1. The van der Waals surface area contributed by atoms with Gasteiger partial charge in [0.15, 0.2) is 0 Å². The van der Waals surface area contributed by atoms with Gasteiger partial charge in [-0.15, -0.1) is 0 Å². The Morgan fingerprint density at radius 3 is 2.50 bits per heavy atom. The minimum absolute atomic E-state index is 0. The number of nitrogens with zero attached hydrogens (tertiary/aromatic N) is 1. The number of hydrogen-bond acceptors (Lipinski definition) is 3. The molecule has 0 amide bonds. The molecule has 0 aliphatic carbocycles. The molecule has 1 rings (SSSR count). The Labute approximate surface area is 116 Å². The first-order valence-electron chi connectivity index (χ1n) is 2.74. The van der Waals surface area contributed by atoms with E-state index in [1.54, 1.807) is 0 Å². The van der Waals surface area contributed by atoms with E-state index in [9.17, 15) is 10.1 Å². The molecule has 0 bridgehead atoms. The summed E-state index contributed by atoms with van der Waals surface area (Å²) in [6.45, 7) is 0. The van der Waals surface area contributed by atoms with E-state index in [1.165, 1.54) is 12.1 Å². The summed E-state index contributed by atoms with van der Waals surface area (Å²) in [6.07, 6.45) is 0. The third-order valence-corrected chi connectivity index (χ3v) is 1.46. The smallest absolute Gasteiger partial charge is 0.273 e. The van der Waals surface area contributed by atoms with Crippen molar-refractivity contribution in [1.82, 2.24) is 0 Å². The zero-order valence-electron chi connectivity index (χ0n) is 6.32. The topological polar surface area (TPSA) is 63.4 Å². The van der Waals surface area contributed by atoms with E-state index in [0.717, 1.165) is 6.07 Å². The van der Waals surface area contributed by atoms with Crippen LogP contribution in [0.15, 0.2) is 18.2 Å². The molecule has 0 atom stereocenters. The van der Waals surface area contributed by atoms with Crippen LogP contribution in [0.4, 0.5) is 5.69 Å². The van der Waals surface area contributed by atoms with Crippen molar-refractivity contribution in [3.63, 3.8) is 0 Å². The van der Waals surface area contributed by atoms with E-state index in [4.69, 9.17) is 16.7 Å². The molecule has 0 spiro atoms. The summed E-state index contributed by atoms with van der Waals surface area (Å²) in [5.74, 6) is -0.277. The molecule has 6 heteroatoms. The van der Waals surface area contributed by atoms with Gasteiger partial charge >= 0.3 is 0 Å². The molecule has 4 nitrogen and oxygen atoms in total. The monoisotopic (exact) mass is 212 g/mol. The van der Waals surface area contributed by atoms with Crippen molar-refractivity contribution < 1.29 is 10.0 Å². The van der Waals surface area contributed by atoms with Crippen molar-refractivity contribution in [2.24, 2.45) is 0 Å². The van der Waals surface area contributed by atoms with Crippen LogP contribution in [0.1, 0.15) is 0 Å². The number of phenolic OH excluding ortho intramolecular Hbond substituents is 1. The molecule has 12 heavy (non-hydrogen) atoms. The molecule has 0 aliphatic rings. The van der Waals surface area contributed by atoms with Gasteiger partial charge in [-0.25, -0.2) is 0 Å². The second kappa shape index (κ2) is 5.16. The zero-order valence-corrected chi connectivity index (χ0v) is 10.2. The average Bonchev–Trinajstić information content (AvgIpc) is 1.94. The van der Waals surface area contributed by atoms with Crippen LogP contribution in [0.3, 0.4) is 0 Å². The standard InChI is InChI=1S/C6H4ClNO3.K/c7-5-2-1-4(8(10)11)3-6(5)9;/h1-3,9H;. The fourth-order valence-electron chi connectivity index (χ4n) is 0.615. The van der Waals surface area contributed by atoms with Gasteiger partial charge in [-0.05, 0) is 6.07 Å². The molecule has 1 aromatic carbocycles. The molecule has 0 saturated heterocycles. The Bertz CT molecular complexity index is 305. The van der Waals surface area contributed by atoms with Crippen molar-refractivity contribution in [2.75, 3.05) is 0 Å². The van der Waals surface area contributed by atoms with Crippen molar-refractivity contribution >= 4 is 68.7 Å². The molecule has 0 saturated carbocycles. The van der Waals surface area contributed by atoms with Crippen LogP contribution >= 0.6 is 11.6 Å². The molecule has 1 aromatic rings. The SMILES string of the molecule is O=[N+]([O-])c1ccc(Cl)c(O)c1.[K]. The van der Waals surface area contributed by atoms with Crippen molar-refractivity contribution in [3.05, 3.63) is 33.3 Å². The predicted molar refractivity (Wildman–Crippen MR) is 45.5 cm³/mol. The van der Waals surface area contributed by atoms with Gasteiger partial charge in [-0.3, -0.25) is 10.1 Å². The number of hydrogen-bond donors (Lipinski definition) is 1.